The molecule has 0 aliphatic heterocycles. The minimum absolute atomic E-state index is 0.0184. The van der Waals surface area contributed by atoms with Crippen molar-refractivity contribution in [1.82, 2.24) is 5.32 Å². The minimum atomic E-state index is 0.0184. The van der Waals surface area contributed by atoms with E-state index in [1.54, 1.807) is 0 Å². The second-order valence-electron chi connectivity index (χ2n) is 4.45. The van der Waals surface area contributed by atoms with E-state index in [0.29, 0.717) is 12.6 Å². The SMILES string of the molecule is CCC1CC1NCC(=O)Nc1cccc(Br)c1. The molecule has 2 rings (SSSR count). The minimum Gasteiger partial charge on any atom is -0.325 e. The van der Waals surface area contributed by atoms with Crippen LogP contribution in [0.5, 0.6) is 0 Å². The number of hydrogen-bond acceptors (Lipinski definition) is 2. The van der Waals surface area contributed by atoms with E-state index in [4.69, 9.17) is 0 Å². The van der Waals surface area contributed by atoms with Gasteiger partial charge in [0.2, 0.25) is 5.91 Å². The molecule has 0 spiro atoms. The van der Waals surface area contributed by atoms with Crippen LogP contribution in [0.2, 0.25) is 0 Å². The molecule has 4 heteroatoms. The lowest BCUT2D eigenvalue weighted by molar-refractivity contribution is -0.115. The number of hydrogen-bond donors (Lipinski definition) is 2. The summed E-state index contributed by atoms with van der Waals surface area (Å²) >= 11 is 3.37. The molecule has 2 atom stereocenters. The maximum absolute atomic E-state index is 11.7. The van der Waals surface area contributed by atoms with Crippen molar-refractivity contribution in [1.29, 1.82) is 0 Å². The topological polar surface area (TPSA) is 41.1 Å². The monoisotopic (exact) mass is 296 g/mol. The summed E-state index contributed by atoms with van der Waals surface area (Å²) < 4.78 is 0.969. The zero-order chi connectivity index (χ0) is 12.3. The Morgan fingerprint density at radius 1 is 1.53 bits per heavy atom. The Morgan fingerprint density at radius 2 is 2.35 bits per heavy atom. The van der Waals surface area contributed by atoms with Crippen molar-refractivity contribution < 1.29 is 4.79 Å². The predicted molar refractivity (Wildman–Crippen MR) is 73.0 cm³/mol. The van der Waals surface area contributed by atoms with Gasteiger partial charge in [-0.2, -0.15) is 0 Å². The van der Waals surface area contributed by atoms with Crippen molar-refractivity contribution in [3.63, 3.8) is 0 Å². The normalized spacial score (nSPS) is 22.2. The van der Waals surface area contributed by atoms with Crippen molar-refractivity contribution in [2.75, 3.05) is 11.9 Å². The van der Waals surface area contributed by atoms with Crippen LogP contribution in [-0.2, 0) is 4.79 Å². The molecule has 1 saturated carbocycles. The molecular formula is C13H17BrN2O. The van der Waals surface area contributed by atoms with Crippen molar-refractivity contribution in [3.05, 3.63) is 28.7 Å². The number of carbonyl (C=O) groups is 1. The maximum Gasteiger partial charge on any atom is 0.238 e. The van der Waals surface area contributed by atoms with E-state index >= 15 is 0 Å². The summed E-state index contributed by atoms with van der Waals surface area (Å²) in [7, 11) is 0. The molecule has 2 N–H and O–H groups in total. The summed E-state index contributed by atoms with van der Waals surface area (Å²) in [5, 5.41) is 6.14. The van der Waals surface area contributed by atoms with E-state index in [1.807, 2.05) is 24.3 Å². The highest BCUT2D eigenvalue weighted by molar-refractivity contribution is 9.10. The second-order valence-corrected chi connectivity index (χ2v) is 5.37. The summed E-state index contributed by atoms with van der Waals surface area (Å²) in [6.45, 7) is 2.58. The van der Waals surface area contributed by atoms with Crippen LogP contribution < -0.4 is 10.6 Å². The zero-order valence-corrected chi connectivity index (χ0v) is 11.5. The van der Waals surface area contributed by atoms with Gasteiger partial charge >= 0.3 is 0 Å². The summed E-state index contributed by atoms with van der Waals surface area (Å²) in [4.78, 5) is 11.7. The van der Waals surface area contributed by atoms with Crippen LogP contribution in [0.25, 0.3) is 0 Å². The number of rotatable bonds is 5. The molecule has 2 unspecified atom stereocenters. The summed E-state index contributed by atoms with van der Waals surface area (Å²) in [6, 6.07) is 8.16. The van der Waals surface area contributed by atoms with Crippen LogP contribution >= 0.6 is 15.9 Å². The third-order valence-corrected chi connectivity index (χ3v) is 3.57. The Balaban J connectivity index is 1.74. The lowest BCUT2D eigenvalue weighted by Gasteiger charge is -2.06. The van der Waals surface area contributed by atoms with Crippen LogP contribution in [0, 0.1) is 5.92 Å². The van der Waals surface area contributed by atoms with Gasteiger partial charge in [-0.1, -0.05) is 35.3 Å². The molecule has 1 aromatic carbocycles. The average molecular weight is 297 g/mol. The molecule has 1 aromatic rings. The first-order valence-electron chi connectivity index (χ1n) is 5.98. The Kier molecular flexibility index (Phi) is 4.18. The Morgan fingerprint density at radius 3 is 3.00 bits per heavy atom. The van der Waals surface area contributed by atoms with E-state index in [-0.39, 0.29) is 5.91 Å². The third kappa shape index (κ3) is 3.82. The number of nitrogens with one attached hydrogen (secondary N) is 2. The van der Waals surface area contributed by atoms with Crippen molar-refractivity contribution >= 4 is 27.5 Å². The number of carbonyl (C=O) groups excluding carboxylic acids is 1. The van der Waals surface area contributed by atoms with Crippen molar-refractivity contribution in [3.8, 4) is 0 Å². The van der Waals surface area contributed by atoms with Gasteiger partial charge in [-0.25, -0.2) is 0 Å². The Labute approximate surface area is 110 Å². The van der Waals surface area contributed by atoms with E-state index < -0.39 is 0 Å². The largest absolute Gasteiger partial charge is 0.325 e. The summed E-state index contributed by atoms with van der Waals surface area (Å²) in [5.74, 6) is 0.790. The Bertz CT molecular complexity index is 408. The molecule has 0 saturated heterocycles. The molecular weight excluding hydrogens is 280 g/mol. The zero-order valence-electron chi connectivity index (χ0n) is 9.87. The van der Waals surface area contributed by atoms with Crippen LogP contribution in [0.4, 0.5) is 5.69 Å². The molecule has 92 valence electrons. The fourth-order valence-electron chi connectivity index (χ4n) is 1.94. The van der Waals surface area contributed by atoms with Crippen LogP contribution in [0.3, 0.4) is 0 Å². The molecule has 1 amide bonds. The van der Waals surface area contributed by atoms with Gasteiger partial charge in [0, 0.05) is 16.2 Å². The number of amides is 1. The van der Waals surface area contributed by atoms with Crippen LogP contribution in [-0.4, -0.2) is 18.5 Å². The molecule has 1 aliphatic carbocycles. The standard InChI is InChI=1S/C13H17BrN2O/c1-2-9-6-12(9)15-8-13(17)16-11-5-3-4-10(14)7-11/h3-5,7,9,12,15H,2,6,8H2,1H3,(H,16,17). The van der Waals surface area contributed by atoms with E-state index in [0.717, 1.165) is 16.1 Å². The molecule has 1 aliphatic rings. The van der Waals surface area contributed by atoms with Crippen molar-refractivity contribution in [2.45, 2.75) is 25.8 Å². The number of anilines is 1. The predicted octanol–water partition coefficient (Wildman–Crippen LogP) is 2.78. The van der Waals surface area contributed by atoms with E-state index in [9.17, 15) is 4.79 Å². The quantitative estimate of drug-likeness (QED) is 0.877. The Hall–Kier alpha value is -0.870. The molecule has 0 heterocycles. The van der Waals surface area contributed by atoms with Crippen LogP contribution in [0.1, 0.15) is 19.8 Å². The molecule has 0 bridgehead atoms. The third-order valence-electron chi connectivity index (χ3n) is 3.08. The summed E-state index contributed by atoms with van der Waals surface area (Å²) in [6.07, 6.45) is 2.41. The highest BCUT2D eigenvalue weighted by atomic mass is 79.9. The highest BCUT2D eigenvalue weighted by Crippen LogP contribution is 2.32. The fourth-order valence-corrected chi connectivity index (χ4v) is 2.34. The molecule has 17 heavy (non-hydrogen) atoms. The first-order valence-corrected chi connectivity index (χ1v) is 6.77. The van der Waals surface area contributed by atoms with Crippen molar-refractivity contribution in [2.24, 2.45) is 5.92 Å². The van der Waals surface area contributed by atoms with Gasteiger partial charge in [-0.05, 0) is 30.5 Å². The highest BCUT2D eigenvalue weighted by Gasteiger charge is 2.34. The maximum atomic E-state index is 11.7. The molecule has 1 fully saturated rings. The average Bonchev–Trinajstić information content (AvgIpc) is 3.05. The second kappa shape index (κ2) is 5.65. The fraction of sp³-hybridized carbons (Fsp3) is 0.462. The van der Waals surface area contributed by atoms with Gasteiger partial charge in [-0.3, -0.25) is 4.79 Å². The van der Waals surface area contributed by atoms with Crippen LogP contribution in [0.15, 0.2) is 28.7 Å². The summed E-state index contributed by atoms with van der Waals surface area (Å²) in [5.41, 5.74) is 0.828. The molecule has 0 aromatic heterocycles. The lowest BCUT2D eigenvalue weighted by Crippen LogP contribution is -2.30. The first kappa shape index (κ1) is 12.6. The smallest absolute Gasteiger partial charge is 0.238 e. The molecule has 3 nitrogen and oxygen atoms in total. The van der Waals surface area contributed by atoms with Gasteiger partial charge in [0.25, 0.3) is 0 Å². The van der Waals surface area contributed by atoms with Gasteiger partial charge in [0.15, 0.2) is 0 Å². The lowest BCUT2D eigenvalue weighted by atomic mass is 10.3. The van der Waals surface area contributed by atoms with Gasteiger partial charge in [0.05, 0.1) is 6.54 Å². The van der Waals surface area contributed by atoms with E-state index in [1.165, 1.54) is 12.8 Å². The first-order chi connectivity index (χ1) is 8.19. The number of benzene rings is 1. The van der Waals surface area contributed by atoms with Gasteiger partial charge in [0.1, 0.15) is 0 Å². The molecule has 0 radical (unpaired) electrons. The van der Waals surface area contributed by atoms with E-state index in [2.05, 4.69) is 33.5 Å². The van der Waals surface area contributed by atoms with Gasteiger partial charge in [-0.15, -0.1) is 0 Å². The van der Waals surface area contributed by atoms with Gasteiger partial charge < -0.3 is 10.6 Å². The number of halogens is 1.